The third-order valence-corrected chi connectivity index (χ3v) is 5.19. The Morgan fingerprint density at radius 3 is 2.88 bits per heavy atom. The second-order valence-electron chi connectivity index (χ2n) is 6.12. The molecule has 1 atom stereocenters. The Balaban J connectivity index is 2.00. The van der Waals surface area contributed by atoms with Crippen LogP contribution in [0.5, 0.6) is 0 Å². The highest BCUT2D eigenvalue weighted by Crippen LogP contribution is 2.43. The lowest BCUT2D eigenvalue weighted by atomic mass is 9.76. The van der Waals surface area contributed by atoms with Crippen LogP contribution in [0.3, 0.4) is 0 Å². The zero-order chi connectivity index (χ0) is 17.6. The van der Waals surface area contributed by atoms with Gasteiger partial charge in [-0.05, 0) is 36.8 Å². The van der Waals surface area contributed by atoms with E-state index >= 15 is 0 Å². The number of thioether (sulfide) groups is 1. The quantitative estimate of drug-likeness (QED) is 0.638. The number of nitrogens with one attached hydrogen (secondary N) is 2. The summed E-state index contributed by atoms with van der Waals surface area (Å²) in [5, 5.41) is 3.68. The van der Waals surface area contributed by atoms with E-state index in [0.717, 1.165) is 18.5 Å². The van der Waals surface area contributed by atoms with E-state index in [-0.39, 0.29) is 11.3 Å². The lowest BCUT2D eigenvalue weighted by molar-refractivity contribution is -0.116. The third kappa shape index (κ3) is 2.68. The largest absolute Gasteiger partial charge is 0.343 e. The highest BCUT2D eigenvalue weighted by Gasteiger charge is 2.37. The number of Topliss-reactive ketones (excluding diaryl/α,β-unsaturated/α-hetero) is 1. The number of carbonyl (C=O) groups excluding carboxylic acids is 1. The summed E-state index contributed by atoms with van der Waals surface area (Å²) >= 11 is 1.34. The average Bonchev–Trinajstić information content (AvgIpc) is 2.60. The van der Waals surface area contributed by atoms with Gasteiger partial charge in [0.05, 0.1) is 5.56 Å². The number of nitrogens with zero attached hydrogens (tertiary/aromatic N) is 1. The van der Waals surface area contributed by atoms with Crippen LogP contribution in [0.4, 0.5) is 10.2 Å². The van der Waals surface area contributed by atoms with Crippen LogP contribution in [0, 0.1) is 5.82 Å². The maximum atomic E-state index is 13.8. The molecule has 25 heavy (non-hydrogen) atoms. The number of halogens is 1. The Morgan fingerprint density at radius 2 is 2.12 bits per heavy atom. The van der Waals surface area contributed by atoms with Crippen molar-refractivity contribution in [1.29, 1.82) is 0 Å². The molecule has 0 unspecified atom stereocenters. The molecule has 1 aromatic heterocycles. The summed E-state index contributed by atoms with van der Waals surface area (Å²) in [6.45, 7) is 0. The van der Waals surface area contributed by atoms with Crippen LogP contribution in [0.15, 0.2) is 45.5 Å². The number of H-pyrrole nitrogens is 1. The van der Waals surface area contributed by atoms with Gasteiger partial charge in [0.25, 0.3) is 5.56 Å². The topological polar surface area (TPSA) is 74.8 Å². The van der Waals surface area contributed by atoms with Crippen molar-refractivity contribution in [3.8, 4) is 0 Å². The highest BCUT2D eigenvalue weighted by atomic mass is 32.2. The molecule has 0 bridgehead atoms. The van der Waals surface area contributed by atoms with Gasteiger partial charge < -0.3 is 10.3 Å². The maximum Gasteiger partial charge on any atom is 0.257 e. The molecule has 128 valence electrons. The Kier molecular flexibility index (Phi) is 3.95. The van der Waals surface area contributed by atoms with Crippen LogP contribution >= 0.6 is 11.8 Å². The van der Waals surface area contributed by atoms with Crippen LogP contribution in [-0.4, -0.2) is 22.0 Å². The second kappa shape index (κ2) is 6.15. The van der Waals surface area contributed by atoms with Crippen LogP contribution < -0.4 is 10.9 Å². The molecule has 7 heteroatoms. The molecule has 0 fully saturated rings. The van der Waals surface area contributed by atoms with Gasteiger partial charge in [-0.25, -0.2) is 9.37 Å². The van der Waals surface area contributed by atoms with Gasteiger partial charge >= 0.3 is 0 Å². The van der Waals surface area contributed by atoms with Crippen molar-refractivity contribution in [3.05, 3.63) is 62.8 Å². The number of allylic oxidation sites excluding steroid dienone is 2. The Morgan fingerprint density at radius 1 is 1.28 bits per heavy atom. The van der Waals surface area contributed by atoms with E-state index in [9.17, 15) is 14.0 Å². The van der Waals surface area contributed by atoms with Gasteiger partial charge in [-0.1, -0.05) is 23.9 Å². The molecule has 1 aromatic carbocycles. The molecule has 0 saturated carbocycles. The zero-order valence-electron chi connectivity index (χ0n) is 13.6. The molecular weight excluding hydrogens is 341 g/mol. The van der Waals surface area contributed by atoms with E-state index < -0.39 is 11.7 Å². The van der Waals surface area contributed by atoms with E-state index in [0.29, 0.717) is 34.1 Å². The van der Waals surface area contributed by atoms with Gasteiger partial charge in [-0.2, -0.15) is 0 Å². The Bertz CT molecular complexity index is 967. The molecule has 0 saturated heterocycles. The average molecular weight is 357 g/mol. The molecule has 2 N–H and O–H groups in total. The number of carbonyl (C=O) groups is 1. The first-order valence-corrected chi connectivity index (χ1v) is 9.28. The normalized spacial score (nSPS) is 19.3. The number of ketones is 1. The van der Waals surface area contributed by atoms with Crippen molar-refractivity contribution >= 4 is 23.4 Å². The molecule has 4 rings (SSSR count). The summed E-state index contributed by atoms with van der Waals surface area (Å²) in [5.41, 5.74) is 2.02. The van der Waals surface area contributed by atoms with Crippen molar-refractivity contribution in [2.75, 3.05) is 11.6 Å². The lowest BCUT2D eigenvalue weighted by Gasteiger charge is -2.32. The first kappa shape index (κ1) is 16.1. The Hall–Kier alpha value is -2.41. The second-order valence-corrected chi connectivity index (χ2v) is 6.91. The lowest BCUT2D eigenvalue weighted by Crippen LogP contribution is -2.32. The summed E-state index contributed by atoms with van der Waals surface area (Å²) < 4.78 is 13.8. The fraction of sp³-hybridized carbons (Fsp3) is 0.278. The van der Waals surface area contributed by atoms with Crippen molar-refractivity contribution in [1.82, 2.24) is 9.97 Å². The summed E-state index contributed by atoms with van der Waals surface area (Å²) in [6.07, 6.45) is 3.74. The number of aromatic nitrogens is 2. The van der Waals surface area contributed by atoms with Gasteiger partial charge in [-0.3, -0.25) is 9.59 Å². The van der Waals surface area contributed by atoms with Gasteiger partial charge in [0, 0.05) is 23.6 Å². The Labute approximate surface area is 147 Å². The molecule has 1 aliphatic heterocycles. The number of rotatable bonds is 2. The van der Waals surface area contributed by atoms with Gasteiger partial charge in [0.15, 0.2) is 10.9 Å². The van der Waals surface area contributed by atoms with Crippen LogP contribution in [0.2, 0.25) is 0 Å². The highest BCUT2D eigenvalue weighted by molar-refractivity contribution is 7.98. The fourth-order valence-electron chi connectivity index (χ4n) is 3.56. The number of fused-ring (bicyclic) bond motifs is 1. The monoisotopic (exact) mass is 357 g/mol. The molecule has 1 aliphatic carbocycles. The van der Waals surface area contributed by atoms with E-state index in [2.05, 4.69) is 15.3 Å². The predicted octanol–water partition coefficient (Wildman–Crippen LogP) is 3.20. The van der Waals surface area contributed by atoms with Crippen LogP contribution in [-0.2, 0) is 4.79 Å². The molecule has 0 amide bonds. The molecular formula is C18H16FN3O2S. The minimum atomic E-state index is -0.595. The first-order chi connectivity index (χ1) is 12.1. The zero-order valence-corrected chi connectivity index (χ0v) is 14.4. The third-order valence-electron chi connectivity index (χ3n) is 4.61. The van der Waals surface area contributed by atoms with E-state index in [1.807, 2.05) is 6.26 Å². The van der Waals surface area contributed by atoms with E-state index in [4.69, 9.17) is 0 Å². The number of hydrogen-bond acceptors (Lipinski definition) is 5. The molecule has 2 heterocycles. The minimum absolute atomic E-state index is 0.00186. The first-order valence-electron chi connectivity index (χ1n) is 8.05. The van der Waals surface area contributed by atoms with Crippen molar-refractivity contribution in [2.24, 2.45) is 0 Å². The minimum Gasteiger partial charge on any atom is -0.343 e. The van der Waals surface area contributed by atoms with Gasteiger partial charge in [0.1, 0.15) is 11.6 Å². The molecule has 0 spiro atoms. The number of hydrogen-bond donors (Lipinski definition) is 2. The summed E-state index contributed by atoms with van der Waals surface area (Å²) in [5.74, 6) is -0.534. The van der Waals surface area contributed by atoms with Crippen LogP contribution in [0.25, 0.3) is 0 Å². The standard InChI is InChI=1S/C18H16FN3O2S/c1-25-18-21-16-15(17(24)22-18)13(9-4-2-5-10(19)8-9)14-11(20-16)6-3-7-12(14)23/h2,4-5,8,13H,3,6-7H2,1H3,(H2,20,21,22,24)/t13-/m0/s1. The van der Waals surface area contributed by atoms with Crippen molar-refractivity contribution in [2.45, 2.75) is 30.3 Å². The van der Waals surface area contributed by atoms with E-state index in [1.165, 1.54) is 23.9 Å². The number of anilines is 1. The summed E-state index contributed by atoms with van der Waals surface area (Å²) in [6, 6.07) is 6.08. The van der Waals surface area contributed by atoms with Crippen molar-refractivity contribution in [3.63, 3.8) is 0 Å². The number of benzene rings is 1. The summed E-state index contributed by atoms with van der Waals surface area (Å²) in [4.78, 5) is 32.5. The fourth-order valence-corrected chi connectivity index (χ4v) is 3.93. The smallest absolute Gasteiger partial charge is 0.257 e. The SMILES string of the molecule is CSc1nc2c(c(=O)[nH]1)[C@@H](c1cccc(F)c1)C1=C(CCCC1=O)N2. The van der Waals surface area contributed by atoms with Crippen molar-refractivity contribution < 1.29 is 9.18 Å². The van der Waals surface area contributed by atoms with Gasteiger partial charge in [-0.15, -0.1) is 0 Å². The molecule has 2 aromatic rings. The van der Waals surface area contributed by atoms with Crippen LogP contribution in [0.1, 0.15) is 36.3 Å². The summed E-state index contributed by atoms with van der Waals surface area (Å²) in [7, 11) is 0. The molecule has 5 nitrogen and oxygen atoms in total. The molecule has 0 radical (unpaired) electrons. The number of aromatic amines is 1. The van der Waals surface area contributed by atoms with Gasteiger partial charge in [0.2, 0.25) is 0 Å². The predicted molar refractivity (Wildman–Crippen MR) is 94.4 cm³/mol. The molecule has 2 aliphatic rings. The van der Waals surface area contributed by atoms with E-state index in [1.54, 1.807) is 12.1 Å². The maximum absolute atomic E-state index is 13.8.